The zero-order chi connectivity index (χ0) is 18.8. The van der Waals surface area contributed by atoms with E-state index in [2.05, 4.69) is 0 Å². The lowest BCUT2D eigenvalue weighted by Gasteiger charge is -2.20. The fourth-order valence-electron chi connectivity index (χ4n) is 2.88. The number of fused-ring (bicyclic) bond motifs is 1. The molecule has 0 fully saturated rings. The monoisotopic (exact) mass is 360 g/mol. The summed E-state index contributed by atoms with van der Waals surface area (Å²) in [4.78, 5) is 12.6. The van der Waals surface area contributed by atoms with Crippen molar-refractivity contribution in [3.05, 3.63) is 113 Å². The molecule has 2 nitrogen and oxygen atoms in total. The van der Waals surface area contributed by atoms with Crippen molar-refractivity contribution in [2.24, 2.45) is 0 Å². The molecule has 1 aliphatic heterocycles. The second-order valence-electron chi connectivity index (χ2n) is 6.08. The van der Waals surface area contributed by atoms with Gasteiger partial charge in [-0.2, -0.15) is 0 Å². The highest BCUT2D eigenvalue weighted by Gasteiger charge is 2.19. The average molecular weight is 360 g/mol. The van der Waals surface area contributed by atoms with Gasteiger partial charge in [-0.25, -0.2) is 8.78 Å². The first-order valence-corrected chi connectivity index (χ1v) is 8.37. The van der Waals surface area contributed by atoms with E-state index in [1.54, 1.807) is 18.2 Å². The van der Waals surface area contributed by atoms with E-state index >= 15 is 0 Å². The van der Waals surface area contributed by atoms with E-state index in [0.717, 1.165) is 5.56 Å². The molecule has 0 saturated carbocycles. The highest BCUT2D eigenvalue weighted by molar-refractivity contribution is 6.10. The molecule has 3 aromatic carbocycles. The molecular formula is C23H14F2O2. The van der Waals surface area contributed by atoms with Crippen molar-refractivity contribution in [3.8, 4) is 5.75 Å². The van der Waals surface area contributed by atoms with Crippen LogP contribution >= 0.6 is 0 Å². The average Bonchev–Trinajstić information content (AvgIpc) is 2.69. The van der Waals surface area contributed by atoms with Gasteiger partial charge < -0.3 is 4.74 Å². The number of ether oxygens (including phenoxy) is 1. The highest BCUT2D eigenvalue weighted by atomic mass is 19.1. The normalized spacial score (nSPS) is 14.3. The molecule has 0 saturated heterocycles. The van der Waals surface area contributed by atoms with Gasteiger partial charge in [-0.3, -0.25) is 4.79 Å². The number of halogens is 2. The van der Waals surface area contributed by atoms with Gasteiger partial charge in [0.2, 0.25) is 0 Å². The molecule has 1 heterocycles. The summed E-state index contributed by atoms with van der Waals surface area (Å²) in [5, 5.41) is 0. The quantitative estimate of drug-likeness (QED) is 0.445. The van der Waals surface area contributed by atoms with E-state index in [4.69, 9.17) is 4.74 Å². The maximum atomic E-state index is 13.2. The van der Waals surface area contributed by atoms with Crippen LogP contribution < -0.4 is 4.74 Å². The molecule has 3 aromatic rings. The number of allylic oxidation sites excluding steroid dienone is 3. The summed E-state index contributed by atoms with van der Waals surface area (Å²) in [6.45, 7) is 0. The molecular weight excluding hydrogens is 346 g/mol. The first-order chi connectivity index (χ1) is 13.1. The van der Waals surface area contributed by atoms with Gasteiger partial charge in [-0.15, -0.1) is 0 Å². The largest absolute Gasteiger partial charge is 0.456 e. The second kappa shape index (κ2) is 7.00. The van der Waals surface area contributed by atoms with E-state index in [0.29, 0.717) is 28.2 Å². The Morgan fingerprint density at radius 3 is 2.15 bits per heavy atom. The molecule has 4 heteroatoms. The first kappa shape index (κ1) is 16.9. The lowest BCUT2D eigenvalue weighted by molar-refractivity contribution is 0.104. The van der Waals surface area contributed by atoms with Gasteiger partial charge in [0.1, 0.15) is 23.1 Å². The highest BCUT2D eigenvalue weighted by Crippen LogP contribution is 2.37. The number of hydrogen-bond donors (Lipinski definition) is 0. The number of ketones is 1. The van der Waals surface area contributed by atoms with Gasteiger partial charge in [-0.1, -0.05) is 18.2 Å². The Bertz CT molecular complexity index is 1060. The molecule has 0 radical (unpaired) electrons. The predicted molar refractivity (Wildman–Crippen MR) is 100 cm³/mol. The third-order valence-corrected chi connectivity index (χ3v) is 4.25. The van der Waals surface area contributed by atoms with E-state index in [9.17, 15) is 13.6 Å². The van der Waals surface area contributed by atoms with Gasteiger partial charge in [0, 0.05) is 16.7 Å². The molecule has 132 valence electrons. The van der Waals surface area contributed by atoms with Crippen LogP contribution in [0.25, 0.3) is 11.3 Å². The van der Waals surface area contributed by atoms with Crippen molar-refractivity contribution in [3.63, 3.8) is 0 Å². The molecule has 4 rings (SSSR count). The molecule has 0 aliphatic carbocycles. The number of benzene rings is 3. The summed E-state index contributed by atoms with van der Waals surface area (Å²) < 4.78 is 32.2. The Kier molecular flexibility index (Phi) is 4.38. The zero-order valence-electron chi connectivity index (χ0n) is 14.2. The second-order valence-corrected chi connectivity index (χ2v) is 6.08. The van der Waals surface area contributed by atoms with Gasteiger partial charge >= 0.3 is 0 Å². The standard InChI is InChI=1S/C23H14F2O2/c24-18-9-5-15(6-10-18)21(26)13-17-14-23(16-7-11-19(25)12-8-16)27-22-4-2-1-3-20(17)22/h1-14H/b17-13-. The SMILES string of the molecule is O=C(/C=C1/C=C(c2ccc(F)cc2)Oc2ccccc21)c1ccc(F)cc1. The number of carbonyl (C=O) groups is 1. The van der Waals surface area contributed by atoms with Crippen molar-refractivity contribution < 1.29 is 18.3 Å². The van der Waals surface area contributed by atoms with Crippen molar-refractivity contribution in [1.82, 2.24) is 0 Å². The fraction of sp³-hybridized carbons (Fsp3) is 0. The van der Waals surface area contributed by atoms with E-state index in [1.165, 1.54) is 42.5 Å². The zero-order valence-corrected chi connectivity index (χ0v) is 14.2. The minimum absolute atomic E-state index is 0.239. The van der Waals surface area contributed by atoms with Crippen LogP contribution in [0, 0.1) is 11.6 Å². The molecule has 1 aliphatic rings. The Labute approximate surface area is 155 Å². The van der Waals surface area contributed by atoms with Crippen LogP contribution in [0.4, 0.5) is 8.78 Å². The molecule has 0 spiro atoms. The summed E-state index contributed by atoms with van der Waals surface area (Å²) >= 11 is 0. The number of carbonyl (C=O) groups excluding carboxylic acids is 1. The van der Waals surface area contributed by atoms with E-state index < -0.39 is 5.82 Å². The van der Waals surface area contributed by atoms with Crippen molar-refractivity contribution in [1.29, 1.82) is 0 Å². The Balaban J connectivity index is 1.77. The van der Waals surface area contributed by atoms with Crippen LogP contribution in [0.15, 0.2) is 84.9 Å². The van der Waals surface area contributed by atoms with E-state index in [-0.39, 0.29) is 11.6 Å². The summed E-state index contributed by atoms with van der Waals surface area (Å²) in [5.74, 6) is 0.160. The number of hydrogen-bond acceptors (Lipinski definition) is 2. The molecule has 0 bridgehead atoms. The van der Waals surface area contributed by atoms with Crippen LogP contribution in [0.1, 0.15) is 21.5 Å². The third kappa shape index (κ3) is 3.55. The topological polar surface area (TPSA) is 26.3 Å². The molecule has 0 N–H and O–H groups in total. The van der Waals surface area contributed by atoms with Crippen LogP contribution in [-0.2, 0) is 0 Å². The minimum Gasteiger partial charge on any atom is -0.456 e. The maximum Gasteiger partial charge on any atom is 0.186 e. The minimum atomic E-state index is -0.394. The van der Waals surface area contributed by atoms with Gasteiger partial charge in [0.15, 0.2) is 5.78 Å². The summed E-state index contributed by atoms with van der Waals surface area (Å²) in [5.41, 5.74) is 2.54. The van der Waals surface area contributed by atoms with Gasteiger partial charge in [0.25, 0.3) is 0 Å². The molecule has 0 amide bonds. The van der Waals surface area contributed by atoms with Crippen LogP contribution in [0.2, 0.25) is 0 Å². The maximum absolute atomic E-state index is 13.2. The third-order valence-electron chi connectivity index (χ3n) is 4.25. The molecule has 0 unspecified atom stereocenters. The predicted octanol–water partition coefficient (Wildman–Crippen LogP) is 5.66. The fourth-order valence-corrected chi connectivity index (χ4v) is 2.88. The van der Waals surface area contributed by atoms with Crippen LogP contribution in [0.3, 0.4) is 0 Å². The Morgan fingerprint density at radius 1 is 0.815 bits per heavy atom. The summed E-state index contributed by atoms with van der Waals surface area (Å²) in [7, 11) is 0. The van der Waals surface area contributed by atoms with E-state index in [1.807, 2.05) is 24.3 Å². The van der Waals surface area contributed by atoms with Crippen molar-refractivity contribution >= 4 is 17.1 Å². The van der Waals surface area contributed by atoms with Crippen molar-refractivity contribution in [2.45, 2.75) is 0 Å². The van der Waals surface area contributed by atoms with Crippen molar-refractivity contribution in [2.75, 3.05) is 0 Å². The Hall–Kier alpha value is -3.53. The number of rotatable bonds is 3. The van der Waals surface area contributed by atoms with Gasteiger partial charge in [-0.05, 0) is 72.3 Å². The molecule has 0 atom stereocenters. The van der Waals surface area contributed by atoms with Crippen LogP contribution in [0.5, 0.6) is 5.75 Å². The first-order valence-electron chi connectivity index (χ1n) is 8.37. The molecule has 0 aromatic heterocycles. The summed E-state index contributed by atoms with van der Waals surface area (Å²) in [6, 6.07) is 18.7. The molecule has 27 heavy (non-hydrogen) atoms. The smallest absolute Gasteiger partial charge is 0.186 e. The lowest BCUT2D eigenvalue weighted by atomic mass is 9.97. The van der Waals surface area contributed by atoms with Crippen LogP contribution in [-0.4, -0.2) is 5.78 Å². The number of para-hydroxylation sites is 1. The Morgan fingerprint density at radius 2 is 1.44 bits per heavy atom. The lowest BCUT2D eigenvalue weighted by Crippen LogP contribution is -2.05. The summed E-state index contributed by atoms with van der Waals surface area (Å²) in [6.07, 6.45) is 3.25. The van der Waals surface area contributed by atoms with Gasteiger partial charge in [0.05, 0.1) is 0 Å².